The van der Waals surface area contributed by atoms with Gasteiger partial charge in [0.1, 0.15) is 0 Å². The highest BCUT2D eigenvalue weighted by Gasteiger charge is 2.16. The van der Waals surface area contributed by atoms with E-state index in [0.717, 1.165) is 16.1 Å². The third-order valence-corrected chi connectivity index (χ3v) is 3.36. The van der Waals surface area contributed by atoms with Gasteiger partial charge in [0.25, 0.3) is 0 Å². The van der Waals surface area contributed by atoms with Crippen LogP contribution in [0.5, 0.6) is 0 Å². The quantitative estimate of drug-likeness (QED) is 0.375. The fourth-order valence-corrected chi connectivity index (χ4v) is 2.51. The molecule has 0 saturated heterocycles. The molecule has 3 heteroatoms. The summed E-state index contributed by atoms with van der Waals surface area (Å²) in [5.74, 6) is 0.446. The number of thioether (sulfide) groups is 1. The summed E-state index contributed by atoms with van der Waals surface area (Å²) in [5, 5.41) is 13.2. The van der Waals surface area contributed by atoms with E-state index in [-0.39, 0.29) is 0 Å². The number of hydrogen-bond acceptors (Lipinski definition) is 2. The van der Waals surface area contributed by atoms with Crippen LogP contribution in [-0.4, -0.2) is 11.0 Å². The largest absolute Gasteiger partial charge is 0.619 e. The average molecular weight is 207 g/mol. The zero-order valence-electron chi connectivity index (χ0n) is 7.93. The van der Waals surface area contributed by atoms with Crippen molar-refractivity contribution in [2.24, 2.45) is 5.92 Å². The number of rotatable bonds is 1. The lowest BCUT2D eigenvalue weighted by molar-refractivity contribution is -0.372. The highest BCUT2D eigenvalue weighted by atomic mass is 32.2. The first kappa shape index (κ1) is 9.59. The molecule has 1 heterocycles. The van der Waals surface area contributed by atoms with Crippen LogP contribution in [0.15, 0.2) is 34.7 Å². The van der Waals surface area contributed by atoms with Gasteiger partial charge < -0.3 is 5.21 Å². The molecule has 0 aromatic heterocycles. The minimum atomic E-state index is 0.446. The molecule has 0 bridgehead atoms. The Morgan fingerprint density at radius 2 is 2.43 bits per heavy atom. The third kappa shape index (κ3) is 2.29. The Morgan fingerprint density at radius 3 is 3.21 bits per heavy atom. The van der Waals surface area contributed by atoms with Gasteiger partial charge in [0.15, 0.2) is 12.4 Å². The Kier molecular flexibility index (Phi) is 3.09. The molecule has 14 heavy (non-hydrogen) atoms. The van der Waals surface area contributed by atoms with Gasteiger partial charge in [-0.05, 0) is 24.7 Å². The van der Waals surface area contributed by atoms with Crippen LogP contribution in [0.4, 0.5) is 0 Å². The summed E-state index contributed by atoms with van der Waals surface area (Å²) < 4.78 is 0.883. The molecule has 0 amide bonds. The second-order valence-electron chi connectivity index (χ2n) is 3.45. The number of hydrogen-bond donors (Lipinski definition) is 0. The molecule has 2 aliphatic rings. The fourth-order valence-electron chi connectivity index (χ4n) is 1.67. The molecule has 1 atom stereocenters. The molecule has 0 N–H and O–H groups in total. The van der Waals surface area contributed by atoms with Gasteiger partial charge >= 0.3 is 0 Å². The number of allylic oxidation sites excluding steroid dienone is 4. The standard InChI is InChI=1S/C11H13NOS/c13-12-7-4-8-14-11(9-12)10-5-2-1-3-6-10/h2,4-5,7-10H,1,3,6H2. The van der Waals surface area contributed by atoms with E-state index in [1.165, 1.54) is 19.1 Å². The van der Waals surface area contributed by atoms with Crippen LogP contribution in [0.1, 0.15) is 19.3 Å². The molecular weight excluding hydrogens is 194 g/mol. The summed E-state index contributed by atoms with van der Waals surface area (Å²) in [4.78, 5) is 1.15. The Balaban J connectivity index is 2.17. The molecule has 2 nitrogen and oxygen atoms in total. The number of hydroxylamine groups is 1. The van der Waals surface area contributed by atoms with Crippen molar-refractivity contribution in [3.8, 4) is 0 Å². The van der Waals surface area contributed by atoms with Crippen molar-refractivity contribution in [2.45, 2.75) is 19.3 Å². The lowest BCUT2D eigenvalue weighted by Gasteiger charge is -2.16. The van der Waals surface area contributed by atoms with E-state index in [1.54, 1.807) is 24.0 Å². The van der Waals surface area contributed by atoms with Gasteiger partial charge in [-0.15, -0.1) is 0 Å². The van der Waals surface area contributed by atoms with Crippen molar-refractivity contribution in [3.05, 3.63) is 39.9 Å². The lowest BCUT2D eigenvalue weighted by Crippen LogP contribution is -2.04. The van der Waals surface area contributed by atoms with E-state index < -0.39 is 0 Å². The molecule has 0 saturated carbocycles. The van der Waals surface area contributed by atoms with Crippen molar-refractivity contribution < 1.29 is 4.74 Å². The Bertz CT molecular complexity index is 328. The normalized spacial score (nSPS) is 26.7. The van der Waals surface area contributed by atoms with Crippen molar-refractivity contribution >= 4 is 18.0 Å². The first-order valence-corrected chi connectivity index (χ1v) is 5.75. The van der Waals surface area contributed by atoms with Gasteiger partial charge in [0.05, 0.1) is 4.91 Å². The Morgan fingerprint density at radius 1 is 1.50 bits per heavy atom. The highest BCUT2D eigenvalue weighted by molar-refractivity contribution is 8.05. The molecule has 74 valence electrons. The topological polar surface area (TPSA) is 26.1 Å². The van der Waals surface area contributed by atoms with Crippen molar-refractivity contribution in [1.82, 2.24) is 0 Å². The fraction of sp³-hybridized carbons (Fsp3) is 0.364. The molecule has 0 aromatic carbocycles. The summed E-state index contributed by atoms with van der Waals surface area (Å²) in [6.45, 7) is 0. The SMILES string of the molecule is [O-][N+]1=CC=CSC(C2C=CCCC2)=C1. The van der Waals surface area contributed by atoms with E-state index in [9.17, 15) is 5.21 Å². The summed E-state index contributed by atoms with van der Waals surface area (Å²) in [5.41, 5.74) is 0. The monoisotopic (exact) mass is 207 g/mol. The maximum absolute atomic E-state index is 11.2. The summed E-state index contributed by atoms with van der Waals surface area (Å²) in [6, 6.07) is 0. The van der Waals surface area contributed by atoms with Crippen LogP contribution in [0.3, 0.4) is 0 Å². The maximum Gasteiger partial charge on any atom is 0.190 e. The van der Waals surface area contributed by atoms with E-state index in [4.69, 9.17) is 0 Å². The van der Waals surface area contributed by atoms with Gasteiger partial charge in [0, 0.05) is 12.0 Å². The molecule has 0 spiro atoms. The smallest absolute Gasteiger partial charge is 0.190 e. The first-order valence-electron chi connectivity index (χ1n) is 4.87. The van der Waals surface area contributed by atoms with E-state index in [2.05, 4.69) is 12.2 Å². The Hall–Kier alpha value is -0.960. The second kappa shape index (κ2) is 4.51. The summed E-state index contributed by atoms with van der Waals surface area (Å²) >= 11 is 1.65. The predicted octanol–water partition coefficient (Wildman–Crippen LogP) is 3.03. The minimum absolute atomic E-state index is 0.446. The van der Waals surface area contributed by atoms with Crippen LogP contribution < -0.4 is 0 Å². The van der Waals surface area contributed by atoms with Crippen molar-refractivity contribution in [2.75, 3.05) is 0 Å². The molecular formula is C11H13NOS. The molecule has 0 aromatic rings. The zero-order chi connectivity index (χ0) is 9.80. The first-order chi connectivity index (χ1) is 6.86. The highest BCUT2D eigenvalue weighted by Crippen LogP contribution is 2.33. The molecule has 1 aliphatic heterocycles. The van der Waals surface area contributed by atoms with Crippen LogP contribution in [0.25, 0.3) is 0 Å². The van der Waals surface area contributed by atoms with Gasteiger partial charge in [-0.2, -0.15) is 4.74 Å². The van der Waals surface area contributed by atoms with E-state index >= 15 is 0 Å². The maximum atomic E-state index is 11.2. The summed E-state index contributed by atoms with van der Waals surface area (Å²) in [6.07, 6.45) is 13.0. The van der Waals surface area contributed by atoms with Crippen molar-refractivity contribution in [3.63, 3.8) is 0 Å². The molecule has 1 unspecified atom stereocenters. The van der Waals surface area contributed by atoms with E-state index in [0.29, 0.717) is 5.92 Å². The van der Waals surface area contributed by atoms with Crippen LogP contribution in [-0.2, 0) is 0 Å². The van der Waals surface area contributed by atoms with E-state index in [1.807, 2.05) is 5.41 Å². The number of nitrogens with zero attached hydrogens (tertiary/aromatic N) is 1. The molecule has 0 radical (unpaired) electrons. The molecule has 2 rings (SSSR count). The van der Waals surface area contributed by atoms with Gasteiger partial charge in [-0.3, -0.25) is 0 Å². The van der Waals surface area contributed by atoms with Gasteiger partial charge in [0.2, 0.25) is 0 Å². The van der Waals surface area contributed by atoms with Crippen molar-refractivity contribution in [1.29, 1.82) is 0 Å². The third-order valence-electron chi connectivity index (χ3n) is 2.39. The molecule has 0 fully saturated rings. The predicted molar refractivity (Wildman–Crippen MR) is 61.0 cm³/mol. The van der Waals surface area contributed by atoms with Crippen LogP contribution >= 0.6 is 11.8 Å². The zero-order valence-corrected chi connectivity index (χ0v) is 8.74. The van der Waals surface area contributed by atoms with Crippen LogP contribution in [0.2, 0.25) is 0 Å². The average Bonchev–Trinajstić information content (AvgIpc) is 2.44. The van der Waals surface area contributed by atoms with Crippen LogP contribution in [0, 0.1) is 11.1 Å². The minimum Gasteiger partial charge on any atom is -0.619 e. The lowest BCUT2D eigenvalue weighted by atomic mass is 9.96. The summed E-state index contributed by atoms with van der Waals surface area (Å²) in [7, 11) is 0. The van der Waals surface area contributed by atoms with Gasteiger partial charge in [-0.1, -0.05) is 23.9 Å². The Labute approximate surface area is 88.3 Å². The van der Waals surface area contributed by atoms with Gasteiger partial charge in [-0.25, -0.2) is 0 Å². The second-order valence-corrected chi connectivity index (χ2v) is 4.43. The molecule has 1 aliphatic carbocycles.